The number of halogens is 1. The molecule has 0 spiro atoms. The number of anilines is 1. The van der Waals surface area contributed by atoms with Crippen molar-refractivity contribution in [2.45, 2.75) is 6.54 Å². The summed E-state index contributed by atoms with van der Waals surface area (Å²) in [5.74, 6) is 0.927. The van der Waals surface area contributed by atoms with Crippen molar-refractivity contribution in [3.05, 3.63) is 53.1 Å². The molecular formula is C16H14ClN3O3. The number of ether oxygens (including phenoxy) is 1. The van der Waals surface area contributed by atoms with Crippen molar-refractivity contribution in [1.29, 1.82) is 0 Å². The monoisotopic (exact) mass is 331 g/mol. The van der Waals surface area contributed by atoms with Crippen LogP contribution < -0.4 is 10.1 Å². The molecule has 2 N–H and O–H groups in total. The second kappa shape index (κ2) is 6.58. The van der Waals surface area contributed by atoms with E-state index in [0.29, 0.717) is 28.7 Å². The molecule has 1 aromatic heterocycles. The van der Waals surface area contributed by atoms with Gasteiger partial charge >= 0.3 is 6.01 Å². The van der Waals surface area contributed by atoms with Gasteiger partial charge in [-0.15, -0.1) is 0 Å². The zero-order valence-electron chi connectivity index (χ0n) is 12.3. The van der Waals surface area contributed by atoms with Crippen LogP contribution in [0.15, 0.2) is 47.0 Å². The number of hydrogen-bond donors (Lipinski definition) is 2. The molecule has 0 saturated carbocycles. The van der Waals surface area contributed by atoms with Gasteiger partial charge in [0.2, 0.25) is 5.82 Å². The number of phenols is 1. The lowest BCUT2D eigenvalue weighted by atomic mass is 10.2. The maximum atomic E-state index is 10.0. The molecule has 2 aromatic carbocycles. The lowest BCUT2D eigenvalue weighted by Crippen LogP contribution is -2.00. The van der Waals surface area contributed by atoms with Crippen molar-refractivity contribution in [2.24, 2.45) is 0 Å². The summed E-state index contributed by atoms with van der Waals surface area (Å²) in [5.41, 5.74) is 1.42. The van der Waals surface area contributed by atoms with Crippen LogP contribution >= 0.6 is 11.6 Å². The number of nitrogens with one attached hydrogen (secondary N) is 1. The highest BCUT2D eigenvalue weighted by Gasteiger charge is 2.11. The number of hydrogen-bond acceptors (Lipinski definition) is 6. The molecule has 0 aliphatic heterocycles. The summed E-state index contributed by atoms with van der Waals surface area (Å²) in [6.07, 6.45) is 0. The van der Waals surface area contributed by atoms with Crippen LogP contribution in [0.3, 0.4) is 0 Å². The molecule has 118 valence electrons. The molecule has 0 amide bonds. The summed E-state index contributed by atoms with van der Waals surface area (Å²) in [5, 5.41) is 17.5. The number of methoxy groups -OCH3 is 1. The Kier molecular flexibility index (Phi) is 4.34. The smallest absolute Gasteiger partial charge is 0.322 e. The third-order valence-corrected chi connectivity index (χ3v) is 3.48. The normalized spacial score (nSPS) is 10.5. The van der Waals surface area contributed by atoms with Gasteiger partial charge in [0.15, 0.2) is 11.5 Å². The van der Waals surface area contributed by atoms with Crippen LogP contribution in [0.1, 0.15) is 5.56 Å². The van der Waals surface area contributed by atoms with Crippen LogP contribution in [0.4, 0.5) is 6.01 Å². The van der Waals surface area contributed by atoms with Crippen LogP contribution in [0.25, 0.3) is 11.4 Å². The van der Waals surface area contributed by atoms with Gasteiger partial charge in [-0.2, -0.15) is 4.98 Å². The van der Waals surface area contributed by atoms with Gasteiger partial charge in [-0.05, 0) is 18.2 Å². The van der Waals surface area contributed by atoms with Crippen molar-refractivity contribution >= 4 is 17.6 Å². The van der Waals surface area contributed by atoms with Gasteiger partial charge in [0.05, 0.1) is 7.11 Å². The lowest BCUT2D eigenvalue weighted by Gasteiger charge is -2.08. The van der Waals surface area contributed by atoms with Crippen LogP contribution in [-0.2, 0) is 6.54 Å². The number of benzene rings is 2. The van der Waals surface area contributed by atoms with E-state index in [0.717, 1.165) is 5.56 Å². The minimum atomic E-state index is 0.0806. The fourth-order valence-electron chi connectivity index (χ4n) is 2.09. The zero-order chi connectivity index (χ0) is 16.2. The molecule has 7 heteroatoms. The number of nitrogens with zero attached hydrogens (tertiary/aromatic N) is 2. The third-order valence-electron chi connectivity index (χ3n) is 3.24. The van der Waals surface area contributed by atoms with Gasteiger partial charge < -0.3 is 19.7 Å². The fraction of sp³-hybridized carbons (Fsp3) is 0.125. The van der Waals surface area contributed by atoms with E-state index in [9.17, 15) is 5.11 Å². The third kappa shape index (κ3) is 3.37. The molecule has 6 nitrogen and oxygen atoms in total. The number of para-hydroxylation sites is 1. The Hall–Kier alpha value is -2.73. The van der Waals surface area contributed by atoms with Crippen LogP contribution in [0.5, 0.6) is 11.5 Å². The zero-order valence-corrected chi connectivity index (χ0v) is 13.0. The van der Waals surface area contributed by atoms with Gasteiger partial charge in [-0.1, -0.05) is 41.0 Å². The Morgan fingerprint density at radius 2 is 2.09 bits per heavy atom. The predicted molar refractivity (Wildman–Crippen MR) is 86.7 cm³/mol. The highest BCUT2D eigenvalue weighted by atomic mass is 35.5. The van der Waals surface area contributed by atoms with Gasteiger partial charge in [-0.3, -0.25) is 0 Å². The van der Waals surface area contributed by atoms with Crippen LogP contribution in [0, 0.1) is 0 Å². The average molecular weight is 332 g/mol. The first kappa shape index (κ1) is 15.2. The Bertz CT molecular complexity index is 820. The molecule has 0 saturated heterocycles. The second-order valence-corrected chi connectivity index (χ2v) is 5.19. The lowest BCUT2D eigenvalue weighted by molar-refractivity contribution is 0.370. The van der Waals surface area contributed by atoms with E-state index in [4.69, 9.17) is 20.9 Å². The quantitative estimate of drug-likeness (QED) is 0.741. The van der Waals surface area contributed by atoms with Crippen molar-refractivity contribution < 1.29 is 14.4 Å². The Morgan fingerprint density at radius 1 is 1.26 bits per heavy atom. The Labute approximate surface area is 137 Å². The molecule has 0 fully saturated rings. The first-order chi connectivity index (χ1) is 11.2. The Balaban J connectivity index is 1.73. The maximum absolute atomic E-state index is 10.0. The predicted octanol–water partition coefficient (Wildman–Crippen LogP) is 3.72. The topological polar surface area (TPSA) is 80.4 Å². The molecule has 0 aliphatic carbocycles. The number of aromatic hydroxyl groups is 1. The molecular weight excluding hydrogens is 318 g/mol. The van der Waals surface area contributed by atoms with Gasteiger partial charge in [0.1, 0.15) is 0 Å². The van der Waals surface area contributed by atoms with E-state index >= 15 is 0 Å². The number of aromatic nitrogens is 2. The molecule has 0 atom stereocenters. The molecule has 23 heavy (non-hydrogen) atoms. The average Bonchev–Trinajstić information content (AvgIpc) is 3.03. The van der Waals surface area contributed by atoms with E-state index in [1.54, 1.807) is 30.3 Å². The highest BCUT2D eigenvalue weighted by Crippen LogP contribution is 2.30. The fourth-order valence-corrected chi connectivity index (χ4v) is 2.28. The first-order valence-corrected chi connectivity index (χ1v) is 7.23. The summed E-state index contributed by atoms with van der Waals surface area (Å²) >= 11 is 5.95. The minimum absolute atomic E-state index is 0.0806. The van der Waals surface area contributed by atoms with Crippen LogP contribution in [0.2, 0.25) is 5.02 Å². The molecule has 0 unspecified atom stereocenters. The minimum Gasteiger partial charge on any atom is -0.504 e. The largest absolute Gasteiger partial charge is 0.504 e. The molecule has 3 aromatic rings. The van der Waals surface area contributed by atoms with Gasteiger partial charge in [-0.25, -0.2) is 0 Å². The standard InChI is InChI=1S/C16H14ClN3O3/c1-22-13-7-3-5-11(14(13)21)9-18-16-19-15(20-23-16)10-4-2-6-12(17)8-10/h2-8,21H,9H2,1H3,(H,18,19,20). The van der Waals surface area contributed by atoms with Crippen molar-refractivity contribution in [1.82, 2.24) is 10.1 Å². The van der Waals surface area contributed by atoms with E-state index in [-0.39, 0.29) is 11.8 Å². The van der Waals surface area contributed by atoms with E-state index in [2.05, 4.69) is 15.5 Å². The summed E-state index contributed by atoms with van der Waals surface area (Å²) in [7, 11) is 1.50. The number of phenolic OH excluding ortho intramolecular Hbond substituents is 1. The highest BCUT2D eigenvalue weighted by molar-refractivity contribution is 6.30. The van der Waals surface area contributed by atoms with Gasteiger partial charge in [0, 0.05) is 22.7 Å². The molecule has 0 radical (unpaired) electrons. The maximum Gasteiger partial charge on any atom is 0.322 e. The summed E-state index contributed by atoms with van der Waals surface area (Å²) in [4.78, 5) is 4.25. The molecule has 3 rings (SSSR count). The summed E-state index contributed by atoms with van der Waals surface area (Å²) in [6, 6.07) is 12.7. The van der Waals surface area contributed by atoms with E-state index in [1.165, 1.54) is 7.11 Å². The van der Waals surface area contributed by atoms with E-state index in [1.807, 2.05) is 12.1 Å². The van der Waals surface area contributed by atoms with Gasteiger partial charge in [0.25, 0.3) is 0 Å². The SMILES string of the molecule is COc1cccc(CNc2nc(-c3cccc(Cl)c3)no2)c1O. The van der Waals surface area contributed by atoms with Crippen LogP contribution in [-0.4, -0.2) is 22.4 Å². The first-order valence-electron chi connectivity index (χ1n) is 6.85. The molecule has 0 aliphatic rings. The number of rotatable bonds is 5. The second-order valence-electron chi connectivity index (χ2n) is 4.76. The summed E-state index contributed by atoms with van der Waals surface area (Å²) in [6.45, 7) is 0.320. The Morgan fingerprint density at radius 3 is 2.87 bits per heavy atom. The van der Waals surface area contributed by atoms with E-state index < -0.39 is 0 Å². The van der Waals surface area contributed by atoms with Crippen molar-refractivity contribution in [2.75, 3.05) is 12.4 Å². The summed E-state index contributed by atoms with van der Waals surface area (Å²) < 4.78 is 10.2. The van der Waals surface area contributed by atoms with Crippen molar-refractivity contribution in [3.63, 3.8) is 0 Å². The molecule has 0 bridgehead atoms. The molecule has 1 heterocycles. The van der Waals surface area contributed by atoms with Crippen molar-refractivity contribution in [3.8, 4) is 22.9 Å².